The second kappa shape index (κ2) is 5.25. The van der Waals surface area contributed by atoms with E-state index in [2.05, 4.69) is 0 Å². The van der Waals surface area contributed by atoms with Crippen LogP contribution in [0.2, 0.25) is 0 Å². The van der Waals surface area contributed by atoms with Crippen LogP contribution in [0.3, 0.4) is 0 Å². The second-order valence-corrected chi connectivity index (χ2v) is 3.81. The van der Waals surface area contributed by atoms with Crippen molar-refractivity contribution >= 4 is 12.0 Å². The Morgan fingerprint density at radius 2 is 2.19 bits per heavy atom. The van der Waals surface area contributed by atoms with Crippen LogP contribution in [-0.4, -0.2) is 17.8 Å². The molecule has 0 saturated heterocycles. The molecule has 1 aromatic rings. The highest BCUT2D eigenvalue weighted by Gasteiger charge is 2.16. The standard InChI is InChI=1S/C11H13NO4/c1-8(2)7-16-11-4-3-9(6-13)5-10(11)12(14)15/h3-6,8H,7H2,1-2H3. The Bertz CT molecular complexity index is 401. The number of nitro benzene ring substituents is 1. The van der Waals surface area contributed by atoms with Crippen molar-refractivity contribution in [3.63, 3.8) is 0 Å². The first-order valence-corrected chi connectivity index (χ1v) is 4.91. The van der Waals surface area contributed by atoms with E-state index in [1.54, 1.807) is 0 Å². The third kappa shape index (κ3) is 3.05. The van der Waals surface area contributed by atoms with E-state index in [1.165, 1.54) is 18.2 Å². The zero-order chi connectivity index (χ0) is 12.1. The van der Waals surface area contributed by atoms with Gasteiger partial charge in [-0.25, -0.2) is 0 Å². The number of nitro groups is 1. The monoisotopic (exact) mass is 223 g/mol. The van der Waals surface area contributed by atoms with Gasteiger partial charge in [-0.1, -0.05) is 13.8 Å². The van der Waals surface area contributed by atoms with Gasteiger partial charge in [-0.2, -0.15) is 0 Å². The minimum atomic E-state index is -0.553. The Balaban J connectivity index is 2.98. The van der Waals surface area contributed by atoms with Crippen molar-refractivity contribution in [2.45, 2.75) is 13.8 Å². The largest absolute Gasteiger partial charge is 0.487 e. The van der Waals surface area contributed by atoms with Gasteiger partial charge in [-0.05, 0) is 18.1 Å². The van der Waals surface area contributed by atoms with E-state index in [0.29, 0.717) is 12.9 Å². The fraction of sp³-hybridized carbons (Fsp3) is 0.364. The molecule has 0 heterocycles. The van der Waals surface area contributed by atoms with Crippen molar-refractivity contribution in [1.82, 2.24) is 0 Å². The van der Waals surface area contributed by atoms with Crippen LogP contribution in [0.5, 0.6) is 5.75 Å². The fourth-order valence-corrected chi connectivity index (χ4v) is 1.13. The number of benzene rings is 1. The van der Waals surface area contributed by atoms with Gasteiger partial charge in [0.15, 0.2) is 5.75 Å². The molecule has 16 heavy (non-hydrogen) atoms. The number of hydrogen-bond donors (Lipinski definition) is 0. The van der Waals surface area contributed by atoms with Crippen molar-refractivity contribution in [3.8, 4) is 5.75 Å². The molecule has 0 unspecified atom stereocenters. The van der Waals surface area contributed by atoms with Crippen LogP contribution < -0.4 is 4.74 Å². The lowest BCUT2D eigenvalue weighted by Crippen LogP contribution is -2.06. The molecule has 0 fully saturated rings. The first kappa shape index (κ1) is 12.2. The molecule has 1 aromatic carbocycles. The summed E-state index contributed by atoms with van der Waals surface area (Å²) in [4.78, 5) is 20.7. The minimum absolute atomic E-state index is 0.176. The summed E-state index contributed by atoms with van der Waals surface area (Å²) in [6.45, 7) is 4.30. The maximum atomic E-state index is 10.7. The number of hydrogen-bond acceptors (Lipinski definition) is 4. The summed E-state index contributed by atoms with van der Waals surface area (Å²) in [7, 11) is 0. The average Bonchev–Trinajstić information content (AvgIpc) is 2.25. The summed E-state index contributed by atoms with van der Waals surface area (Å²) in [6.07, 6.45) is 0.569. The third-order valence-electron chi connectivity index (χ3n) is 1.89. The summed E-state index contributed by atoms with van der Waals surface area (Å²) >= 11 is 0. The molecule has 86 valence electrons. The van der Waals surface area contributed by atoms with Crippen LogP contribution in [0.25, 0.3) is 0 Å². The molecular formula is C11H13NO4. The van der Waals surface area contributed by atoms with Gasteiger partial charge in [0.25, 0.3) is 0 Å². The van der Waals surface area contributed by atoms with Crippen LogP contribution in [0.1, 0.15) is 24.2 Å². The van der Waals surface area contributed by atoms with Crippen molar-refractivity contribution < 1.29 is 14.5 Å². The molecule has 1 rings (SSSR count). The number of rotatable bonds is 5. The minimum Gasteiger partial charge on any atom is -0.487 e. The molecule has 0 aromatic heterocycles. The molecule has 0 aliphatic rings. The first-order valence-electron chi connectivity index (χ1n) is 4.91. The van der Waals surface area contributed by atoms with Gasteiger partial charge in [-0.15, -0.1) is 0 Å². The predicted molar refractivity (Wildman–Crippen MR) is 58.8 cm³/mol. The SMILES string of the molecule is CC(C)COc1ccc(C=O)cc1[N+](=O)[O-]. The highest BCUT2D eigenvalue weighted by Crippen LogP contribution is 2.27. The van der Waals surface area contributed by atoms with Crippen LogP contribution in [0.4, 0.5) is 5.69 Å². The summed E-state index contributed by atoms with van der Waals surface area (Å²) in [6, 6.07) is 4.16. The molecule has 0 aliphatic heterocycles. The molecule has 5 nitrogen and oxygen atoms in total. The van der Waals surface area contributed by atoms with Crippen LogP contribution in [-0.2, 0) is 0 Å². The number of aldehydes is 1. The Morgan fingerprint density at radius 3 is 2.69 bits per heavy atom. The lowest BCUT2D eigenvalue weighted by atomic mass is 10.2. The van der Waals surface area contributed by atoms with Gasteiger partial charge in [0.05, 0.1) is 11.5 Å². The quantitative estimate of drug-likeness (QED) is 0.436. The normalized spacial score (nSPS) is 10.2. The second-order valence-electron chi connectivity index (χ2n) is 3.81. The molecule has 0 amide bonds. The van der Waals surface area contributed by atoms with Gasteiger partial charge in [0.2, 0.25) is 0 Å². The van der Waals surface area contributed by atoms with E-state index in [0.717, 1.165) is 0 Å². The topological polar surface area (TPSA) is 69.4 Å². The Kier molecular flexibility index (Phi) is 3.99. The van der Waals surface area contributed by atoms with E-state index < -0.39 is 4.92 Å². The van der Waals surface area contributed by atoms with E-state index in [1.807, 2.05) is 13.8 Å². The molecule has 0 aliphatic carbocycles. The zero-order valence-corrected chi connectivity index (χ0v) is 9.17. The van der Waals surface area contributed by atoms with E-state index in [4.69, 9.17) is 4.74 Å². The summed E-state index contributed by atoms with van der Waals surface area (Å²) in [5, 5.41) is 10.7. The highest BCUT2D eigenvalue weighted by molar-refractivity contribution is 5.77. The van der Waals surface area contributed by atoms with Crippen molar-refractivity contribution in [2.24, 2.45) is 5.92 Å². The van der Waals surface area contributed by atoms with E-state index in [-0.39, 0.29) is 22.9 Å². The summed E-state index contributed by atoms with van der Waals surface area (Å²) in [5.41, 5.74) is 0.0915. The third-order valence-corrected chi connectivity index (χ3v) is 1.89. The maximum Gasteiger partial charge on any atom is 0.311 e. The summed E-state index contributed by atoms with van der Waals surface area (Å²) in [5.74, 6) is 0.481. The van der Waals surface area contributed by atoms with Crippen molar-refractivity contribution in [3.05, 3.63) is 33.9 Å². The van der Waals surface area contributed by atoms with Gasteiger partial charge < -0.3 is 4.74 Å². The lowest BCUT2D eigenvalue weighted by Gasteiger charge is -2.08. The van der Waals surface area contributed by atoms with Gasteiger partial charge in [0, 0.05) is 11.6 Å². The average molecular weight is 223 g/mol. The molecule has 5 heteroatoms. The Hall–Kier alpha value is -1.91. The van der Waals surface area contributed by atoms with Crippen LogP contribution in [0.15, 0.2) is 18.2 Å². The smallest absolute Gasteiger partial charge is 0.311 e. The first-order chi connectivity index (χ1) is 7.54. The van der Waals surface area contributed by atoms with E-state index in [9.17, 15) is 14.9 Å². The van der Waals surface area contributed by atoms with Crippen molar-refractivity contribution in [1.29, 1.82) is 0 Å². The van der Waals surface area contributed by atoms with Gasteiger partial charge in [0.1, 0.15) is 6.29 Å². The maximum absolute atomic E-state index is 10.7. The fourth-order valence-electron chi connectivity index (χ4n) is 1.13. The highest BCUT2D eigenvalue weighted by atomic mass is 16.6. The molecule has 0 atom stereocenters. The number of ether oxygens (including phenoxy) is 1. The van der Waals surface area contributed by atoms with Gasteiger partial charge >= 0.3 is 5.69 Å². The molecule has 0 N–H and O–H groups in total. The Morgan fingerprint density at radius 1 is 1.50 bits per heavy atom. The van der Waals surface area contributed by atoms with Crippen LogP contribution >= 0.6 is 0 Å². The molecule has 0 saturated carbocycles. The number of carbonyl (C=O) groups is 1. The number of nitrogens with zero attached hydrogens (tertiary/aromatic N) is 1. The van der Waals surface area contributed by atoms with Crippen molar-refractivity contribution in [2.75, 3.05) is 6.61 Å². The van der Waals surface area contributed by atoms with Gasteiger partial charge in [-0.3, -0.25) is 14.9 Å². The molecule has 0 radical (unpaired) electrons. The number of carbonyl (C=O) groups excluding carboxylic acids is 1. The predicted octanol–water partition coefficient (Wildman–Crippen LogP) is 2.44. The molecule has 0 spiro atoms. The van der Waals surface area contributed by atoms with E-state index >= 15 is 0 Å². The Labute approximate surface area is 93.2 Å². The van der Waals surface area contributed by atoms with Crippen LogP contribution in [0, 0.1) is 16.0 Å². The summed E-state index contributed by atoms with van der Waals surface area (Å²) < 4.78 is 5.30. The molecular weight excluding hydrogens is 210 g/mol. The lowest BCUT2D eigenvalue weighted by molar-refractivity contribution is -0.385. The zero-order valence-electron chi connectivity index (χ0n) is 9.17. The molecule has 0 bridgehead atoms.